The van der Waals surface area contributed by atoms with E-state index in [2.05, 4.69) is 78.1 Å². The SMILES string of the molecule is CC[C@@H]1CC/C=C(\C)C(O)(c2ccccc2)[C@@H]2C[C@H]3[C@@H]4C[C@H](O[Si](C)(C)C(C)(C)C)C[C@H]4C=C[C@H]3C2CC(=O)O1. The quantitative estimate of drug-likeness (QED) is 0.228. The minimum Gasteiger partial charge on any atom is -0.462 e. The molecule has 2 saturated carbocycles. The van der Waals surface area contributed by atoms with E-state index < -0.39 is 13.9 Å². The number of rotatable bonds is 4. The van der Waals surface area contributed by atoms with Crippen molar-refractivity contribution in [2.75, 3.05) is 0 Å². The van der Waals surface area contributed by atoms with E-state index in [0.29, 0.717) is 30.3 Å². The molecule has 0 aromatic heterocycles. The summed E-state index contributed by atoms with van der Waals surface area (Å²) in [5.74, 6) is 1.67. The van der Waals surface area contributed by atoms with Crippen LogP contribution in [0.4, 0.5) is 0 Å². The Morgan fingerprint density at radius 2 is 1.77 bits per heavy atom. The average molecular weight is 565 g/mol. The number of carbonyl (C=O) groups is 1. The van der Waals surface area contributed by atoms with Crippen molar-refractivity contribution in [1.29, 1.82) is 0 Å². The molecule has 0 bridgehead atoms. The Bertz CT molecular complexity index is 1120. The second-order valence-corrected chi connectivity index (χ2v) is 19.5. The molecule has 0 spiro atoms. The Morgan fingerprint density at radius 3 is 2.45 bits per heavy atom. The van der Waals surface area contributed by atoms with Crippen molar-refractivity contribution >= 4 is 14.3 Å². The highest BCUT2D eigenvalue weighted by molar-refractivity contribution is 6.74. The van der Waals surface area contributed by atoms with Crippen molar-refractivity contribution in [2.45, 2.75) is 116 Å². The van der Waals surface area contributed by atoms with E-state index in [1.54, 1.807) is 0 Å². The van der Waals surface area contributed by atoms with Gasteiger partial charge in [0.2, 0.25) is 0 Å². The van der Waals surface area contributed by atoms with Gasteiger partial charge in [-0.25, -0.2) is 0 Å². The molecule has 1 N–H and O–H groups in total. The van der Waals surface area contributed by atoms with Crippen molar-refractivity contribution in [1.82, 2.24) is 0 Å². The monoisotopic (exact) mass is 564 g/mol. The van der Waals surface area contributed by atoms with Crippen LogP contribution < -0.4 is 0 Å². The van der Waals surface area contributed by atoms with Gasteiger partial charge >= 0.3 is 5.97 Å². The molecule has 4 nitrogen and oxygen atoms in total. The summed E-state index contributed by atoms with van der Waals surface area (Å²) in [5, 5.41) is 13.0. The first kappa shape index (κ1) is 29.8. The van der Waals surface area contributed by atoms with Crippen LogP contribution in [0, 0.1) is 35.5 Å². The molecule has 1 aromatic rings. The van der Waals surface area contributed by atoms with Crippen LogP contribution in [0.1, 0.15) is 85.1 Å². The molecule has 0 amide bonds. The number of hydrogen-bond donors (Lipinski definition) is 1. The summed E-state index contributed by atoms with van der Waals surface area (Å²) in [6.45, 7) is 15.9. The summed E-state index contributed by atoms with van der Waals surface area (Å²) in [6, 6.07) is 10.2. The maximum absolute atomic E-state index is 13.4. The lowest BCUT2D eigenvalue weighted by Gasteiger charge is -2.39. The molecular weight excluding hydrogens is 512 g/mol. The molecule has 2 fully saturated rings. The number of aliphatic hydroxyl groups is 1. The van der Waals surface area contributed by atoms with Crippen molar-refractivity contribution in [3.63, 3.8) is 0 Å². The summed E-state index contributed by atoms with van der Waals surface area (Å²) >= 11 is 0. The Labute approximate surface area is 243 Å². The Kier molecular flexibility index (Phi) is 8.33. The number of hydrogen-bond acceptors (Lipinski definition) is 4. The van der Waals surface area contributed by atoms with E-state index in [1.165, 1.54) is 0 Å². The zero-order valence-corrected chi connectivity index (χ0v) is 26.9. The maximum Gasteiger partial charge on any atom is 0.306 e. The molecule has 1 heterocycles. The fourth-order valence-corrected chi connectivity index (χ4v) is 9.66. The third kappa shape index (κ3) is 5.43. The molecule has 40 heavy (non-hydrogen) atoms. The van der Waals surface area contributed by atoms with Gasteiger partial charge in [-0.1, -0.05) is 76.3 Å². The van der Waals surface area contributed by atoms with E-state index in [9.17, 15) is 9.90 Å². The van der Waals surface area contributed by atoms with Crippen molar-refractivity contribution < 1.29 is 19.1 Å². The number of carbonyl (C=O) groups excluding carboxylic acids is 1. The lowest BCUT2D eigenvalue weighted by Crippen LogP contribution is -2.43. The molecule has 0 radical (unpaired) electrons. The van der Waals surface area contributed by atoms with Crippen LogP contribution in [0.3, 0.4) is 0 Å². The summed E-state index contributed by atoms with van der Waals surface area (Å²) in [5.41, 5.74) is 0.861. The van der Waals surface area contributed by atoms with Gasteiger partial charge in [-0.2, -0.15) is 0 Å². The summed E-state index contributed by atoms with van der Waals surface area (Å²) in [4.78, 5) is 13.4. The van der Waals surface area contributed by atoms with Crippen LogP contribution in [-0.2, 0) is 19.6 Å². The number of esters is 1. The van der Waals surface area contributed by atoms with Gasteiger partial charge in [0.25, 0.3) is 0 Å². The summed E-state index contributed by atoms with van der Waals surface area (Å²) < 4.78 is 13.0. The highest BCUT2D eigenvalue weighted by atomic mass is 28.4. The number of benzene rings is 1. The normalized spacial score (nSPS) is 39.8. The molecule has 220 valence electrons. The summed E-state index contributed by atoms with van der Waals surface area (Å²) in [7, 11) is -1.86. The smallest absolute Gasteiger partial charge is 0.306 e. The standard InChI is InChI=1S/C35H52O4Si/c1-8-26-16-12-13-23(2)35(37,25-14-10-9-11-15-25)32-21-30-28(31(32)22-33(36)38-26)18-17-24-19-27(20-29(24)30)39-40(6,7)34(3,4)5/h9-11,13-15,17-18,24,26-32,37H,8,12,16,19-22H2,1-7H3/b23-13+/t24-,26-,27-,28-,29-,30-,31?,32-,35?/m1/s1. The summed E-state index contributed by atoms with van der Waals surface area (Å²) in [6.07, 6.45) is 13.2. The van der Waals surface area contributed by atoms with Gasteiger partial charge in [0.1, 0.15) is 11.7 Å². The van der Waals surface area contributed by atoms with Crippen LogP contribution >= 0.6 is 0 Å². The first-order valence-corrected chi connectivity index (χ1v) is 18.8. The largest absolute Gasteiger partial charge is 0.462 e. The average Bonchev–Trinajstić information content (AvgIpc) is 3.47. The van der Waals surface area contributed by atoms with Crippen LogP contribution in [0.25, 0.3) is 0 Å². The predicted octanol–water partition coefficient (Wildman–Crippen LogP) is 8.18. The molecule has 0 saturated heterocycles. The van der Waals surface area contributed by atoms with Gasteiger partial charge in [0.15, 0.2) is 8.32 Å². The highest BCUT2D eigenvalue weighted by Crippen LogP contribution is 2.61. The third-order valence-corrected chi connectivity index (χ3v) is 16.0. The lowest BCUT2D eigenvalue weighted by atomic mass is 9.69. The molecule has 9 atom stereocenters. The number of fused-ring (bicyclic) bond motifs is 5. The zero-order chi connectivity index (χ0) is 28.9. The molecular formula is C35H52O4Si. The van der Waals surface area contributed by atoms with Gasteiger partial charge in [-0.3, -0.25) is 4.79 Å². The highest BCUT2D eigenvalue weighted by Gasteiger charge is 2.58. The first-order valence-electron chi connectivity index (χ1n) is 15.9. The van der Waals surface area contributed by atoms with Gasteiger partial charge in [-0.15, -0.1) is 0 Å². The van der Waals surface area contributed by atoms with E-state index in [0.717, 1.165) is 49.7 Å². The van der Waals surface area contributed by atoms with Crippen molar-refractivity contribution in [3.05, 3.63) is 59.7 Å². The van der Waals surface area contributed by atoms with Crippen LogP contribution in [0.2, 0.25) is 18.1 Å². The van der Waals surface area contributed by atoms with Crippen LogP contribution in [0.5, 0.6) is 0 Å². The first-order chi connectivity index (χ1) is 18.8. The van der Waals surface area contributed by atoms with Crippen LogP contribution in [0.15, 0.2) is 54.1 Å². The fraction of sp³-hybridized carbons (Fsp3) is 0.686. The molecule has 3 aliphatic carbocycles. The minimum atomic E-state index is -1.86. The van der Waals surface area contributed by atoms with Gasteiger partial charge < -0.3 is 14.3 Å². The molecule has 1 aromatic carbocycles. The molecule has 2 unspecified atom stereocenters. The molecule has 4 aliphatic rings. The van der Waals surface area contributed by atoms with E-state index in [-0.39, 0.29) is 34.9 Å². The van der Waals surface area contributed by atoms with Gasteiger partial charge in [-0.05, 0) is 104 Å². The van der Waals surface area contributed by atoms with Gasteiger partial charge in [0, 0.05) is 18.4 Å². The Morgan fingerprint density at radius 1 is 1.05 bits per heavy atom. The molecule has 5 rings (SSSR count). The number of allylic oxidation sites excluding steroid dienone is 3. The Balaban J connectivity index is 1.50. The van der Waals surface area contributed by atoms with E-state index in [1.807, 2.05) is 18.2 Å². The second-order valence-electron chi connectivity index (χ2n) is 14.8. The maximum atomic E-state index is 13.4. The lowest BCUT2D eigenvalue weighted by molar-refractivity contribution is -0.152. The van der Waals surface area contributed by atoms with Crippen molar-refractivity contribution in [3.8, 4) is 0 Å². The second kappa shape index (κ2) is 11.2. The fourth-order valence-electron chi connectivity index (χ4n) is 8.28. The van der Waals surface area contributed by atoms with Crippen LogP contribution in [-0.4, -0.2) is 31.6 Å². The predicted molar refractivity (Wildman–Crippen MR) is 164 cm³/mol. The topological polar surface area (TPSA) is 55.8 Å². The number of cyclic esters (lactones) is 1. The minimum absolute atomic E-state index is 0.0409. The molecule has 5 heteroatoms. The van der Waals surface area contributed by atoms with E-state index >= 15 is 0 Å². The molecule has 1 aliphatic heterocycles. The van der Waals surface area contributed by atoms with Crippen molar-refractivity contribution in [2.24, 2.45) is 35.5 Å². The van der Waals surface area contributed by atoms with E-state index in [4.69, 9.17) is 9.16 Å². The van der Waals surface area contributed by atoms with Gasteiger partial charge in [0.05, 0.1) is 0 Å². The third-order valence-electron chi connectivity index (χ3n) is 11.5. The zero-order valence-electron chi connectivity index (χ0n) is 25.9. The Hall–Kier alpha value is -1.69. The number of ether oxygens (including phenoxy) is 1.